The Balaban J connectivity index is 1.37. The highest BCUT2D eigenvalue weighted by molar-refractivity contribution is 7.89. The minimum atomic E-state index is -3.68. The molecule has 1 heterocycles. The van der Waals surface area contributed by atoms with E-state index < -0.39 is 10.0 Å². The van der Waals surface area contributed by atoms with Gasteiger partial charge in [-0.1, -0.05) is 42.5 Å². The van der Waals surface area contributed by atoms with E-state index in [2.05, 4.69) is 4.72 Å². The number of sulfonamides is 1. The molecule has 0 spiro atoms. The molecule has 3 aromatic rings. The predicted octanol–water partition coefficient (Wildman–Crippen LogP) is 4.27. The average Bonchev–Trinajstić information content (AvgIpc) is 3.29. The highest BCUT2D eigenvalue weighted by Crippen LogP contribution is 2.33. The monoisotopic (exact) mass is 452 g/mol. The fraction of sp³-hybridized carbons (Fsp3) is 0.320. The summed E-state index contributed by atoms with van der Waals surface area (Å²) in [6.07, 6.45) is 1.97. The van der Waals surface area contributed by atoms with Crippen LogP contribution in [0.4, 0.5) is 0 Å². The largest absolute Gasteiger partial charge is 0.494 e. The Kier molecular flexibility index (Phi) is 6.77. The van der Waals surface area contributed by atoms with Crippen LogP contribution in [0.5, 0.6) is 5.75 Å². The molecule has 7 heteroatoms. The van der Waals surface area contributed by atoms with Gasteiger partial charge in [-0.05, 0) is 60.4 Å². The van der Waals surface area contributed by atoms with Crippen molar-refractivity contribution in [3.05, 3.63) is 72.3 Å². The topological polar surface area (TPSA) is 75.7 Å². The van der Waals surface area contributed by atoms with Crippen LogP contribution in [0.15, 0.2) is 71.6 Å². The van der Waals surface area contributed by atoms with E-state index in [1.165, 1.54) is 0 Å². The predicted molar refractivity (Wildman–Crippen MR) is 125 cm³/mol. The standard InChI is InChI=1S/C25H28N2O4S/c1-2-31-22-12-9-20(10-13-22)24-8-5-17-27(24)25(28)15-16-26-32(29,30)23-14-11-19-6-3-4-7-21(19)18-23/h3-4,6-7,9-14,18,24,26H,2,5,8,15-17H2,1H3/t24-/m1/s1. The van der Waals surface area contributed by atoms with E-state index in [4.69, 9.17) is 4.74 Å². The maximum atomic E-state index is 12.9. The zero-order valence-electron chi connectivity index (χ0n) is 18.2. The van der Waals surface area contributed by atoms with Gasteiger partial charge in [0, 0.05) is 19.5 Å². The average molecular weight is 453 g/mol. The lowest BCUT2D eigenvalue weighted by molar-refractivity contribution is -0.131. The van der Waals surface area contributed by atoms with Gasteiger partial charge in [-0.25, -0.2) is 13.1 Å². The van der Waals surface area contributed by atoms with Gasteiger partial charge in [-0.15, -0.1) is 0 Å². The number of rotatable bonds is 8. The Morgan fingerprint density at radius 1 is 1.06 bits per heavy atom. The minimum absolute atomic E-state index is 0.0234. The van der Waals surface area contributed by atoms with E-state index in [1.54, 1.807) is 18.2 Å². The van der Waals surface area contributed by atoms with Crippen LogP contribution in [-0.4, -0.2) is 38.9 Å². The fourth-order valence-electron chi connectivity index (χ4n) is 4.22. The highest BCUT2D eigenvalue weighted by Gasteiger charge is 2.29. The first-order valence-corrected chi connectivity index (χ1v) is 12.5. The number of hydrogen-bond acceptors (Lipinski definition) is 4. The van der Waals surface area contributed by atoms with Crippen LogP contribution in [0, 0.1) is 0 Å². The van der Waals surface area contributed by atoms with Crippen molar-refractivity contribution in [3.8, 4) is 5.75 Å². The maximum absolute atomic E-state index is 12.9. The van der Waals surface area contributed by atoms with Gasteiger partial charge >= 0.3 is 0 Å². The van der Waals surface area contributed by atoms with E-state index in [9.17, 15) is 13.2 Å². The Morgan fingerprint density at radius 2 is 1.81 bits per heavy atom. The first kappa shape index (κ1) is 22.3. The van der Waals surface area contributed by atoms with Gasteiger partial charge in [0.25, 0.3) is 0 Å². The van der Waals surface area contributed by atoms with Crippen LogP contribution < -0.4 is 9.46 Å². The lowest BCUT2D eigenvalue weighted by Gasteiger charge is -2.25. The summed E-state index contributed by atoms with van der Waals surface area (Å²) >= 11 is 0. The van der Waals surface area contributed by atoms with Gasteiger partial charge in [-0.3, -0.25) is 4.79 Å². The second-order valence-electron chi connectivity index (χ2n) is 7.90. The van der Waals surface area contributed by atoms with Crippen molar-refractivity contribution in [1.82, 2.24) is 9.62 Å². The van der Waals surface area contributed by atoms with Crippen LogP contribution in [0.1, 0.15) is 37.8 Å². The third-order valence-electron chi connectivity index (χ3n) is 5.81. The van der Waals surface area contributed by atoms with E-state index in [1.807, 2.05) is 60.4 Å². The summed E-state index contributed by atoms with van der Waals surface area (Å²) < 4.78 is 33.5. The molecule has 1 aliphatic rings. The molecule has 1 fully saturated rings. The molecule has 1 amide bonds. The molecule has 168 valence electrons. The fourth-order valence-corrected chi connectivity index (χ4v) is 5.29. The lowest BCUT2D eigenvalue weighted by atomic mass is 10.0. The van der Waals surface area contributed by atoms with Crippen molar-refractivity contribution >= 4 is 26.7 Å². The van der Waals surface area contributed by atoms with Crippen LogP contribution in [0.3, 0.4) is 0 Å². The summed E-state index contributed by atoms with van der Waals surface area (Å²) in [5.74, 6) is 0.776. The molecule has 0 aromatic heterocycles. The van der Waals surface area contributed by atoms with Crippen molar-refractivity contribution in [2.45, 2.75) is 37.1 Å². The van der Waals surface area contributed by atoms with Gasteiger partial charge in [0.05, 0.1) is 17.5 Å². The number of hydrogen-bond donors (Lipinski definition) is 1. The van der Waals surface area contributed by atoms with Crippen LogP contribution in [0.25, 0.3) is 10.8 Å². The highest BCUT2D eigenvalue weighted by atomic mass is 32.2. The second kappa shape index (κ2) is 9.71. The van der Waals surface area contributed by atoms with Crippen LogP contribution in [-0.2, 0) is 14.8 Å². The third kappa shape index (κ3) is 4.95. The number of likely N-dealkylation sites (tertiary alicyclic amines) is 1. The second-order valence-corrected chi connectivity index (χ2v) is 9.67. The van der Waals surface area contributed by atoms with Crippen LogP contribution >= 0.6 is 0 Å². The van der Waals surface area contributed by atoms with Crippen molar-refractivity contribution < 1.29 is 17.9 Å². The zero-order valence-corrected chi connectivity index (χ0v) is 19.0. The van der Waals surface area contributed by atoms with Gasteiger partial charge in [0.15, 0.2) is 0 Å². The summed E-state index contributed by atoms with van der Waals surface area (Å²) in [6, 6.07) is 20.5. The molecular weight excluding hydrogens is 424 g/mol. The summed E-state index contributed by atoms with van der Waals surface area (Å²) in [7, 11) is -3.68. The van der Waals surface area contributed by atoms with Crippen molar-refractivity contribution in [2.24, 2.45) is 0 Å². The number of nitrogens with one attached hydrogen (secondary N) is 1. The molecule has 0 radical (unpaired) electrons. The molecule has 1 atom stereocenters. The summed E-state index contributed by atoms with van der Waals surface area (Å²) in [5, 5.41) is 1.85. The molecule has 0 bridgehead atoms. The minimum Gasteiger partial charge on any atom is -0.494 e. The first-order valence-electron chi connectivity index (χ1n) is 11.0. The molecule has 0 aliphatic carbocycles. The molecule has 4 rings (SSSR count). The zero-order chi connectivity index (χ0) is 22.6. The van der Waals surface area contributed by atoms with Gasteiger partial charge < -0.3 is 9.64 Å². The third-order valence-corrected chi connectivity index (χ3v) is 7.27. The Hall–Kier alpha value is -2.90. The number of carbonyl (C=O) groups is 1. The SMILES string of the molecule is CCOc1ccc([C@H]2CCCN2C(=O)CCNS(=O)(=O)c2ccc3ccccc3c2)cc1. The number of benzene rings is 3. The van der Waals surface area contributed by atoms with Crippen LogP contribution in [0.2, 0.25) is 0 Å². The van der Waals surface area contributed by atoms with E-state index in [0.29, 0.717) is 13.2 Å². The summed E-state index contributed by atoms with van der Waals surface area (Å²) in [5.41, 5.74) is 1.08. The molecule has 1 saturated heterocycles. The van der Waals surface area contributed by atoms with E-state index in [-0.39, 0.29) is 29.8 Å². The lowest BCUT2D eigenvalue weighted by Crippen LogP contribution is -2.34. The Bertz CT molecular complexity index is 1190. The molecule has 0 unspecified atom stereocenters. The molecule has 1 aliphatic heterocycles. The number of fused-ring (bicyclic) bond motifs is 1. The van der Waals surface area contributed by atoms with Crippen molar-refractivity contribution in [3.63, 3.8) is 0 Å². The number of amides is 1. The smallest absolute Gasteiger partial charge is 0.240 e. The number of nitrogens with zero attached hydrogens (tertiary/aromatic N) is 1. The van der Waals surface area contributed by atoms with E-state index >= 15 is 0 Å². The molecule has 0 saturated carbocycles. The number of carbonyl (C=O) groups excluding carboxylic acids is 1. The number of ether oxygens (including phenoxy) is 1. The van der Waals surface area contributed by atoms with E-state index in [0.717, 1.165) is 34.9 Å². The first-order chi connectivity index (χ1) is 15.5. The Morgan fingerprint density at radius 3 is 2.56 bits per heavy atom. The quantitative estimate of drug-likeness (QED) is 0.554. The van der Waals surface area contributed by atoms with Gasteiger partial charge in [-0.2, -0.15) is 0 Å². The Labute approximate surface area is 189 Å². The maximum Gasteiger partial charge on any atom is 0.240 e. The normalized spacial score (nSPS) is 16.4. The summed E-state index contributed by atoms with van der Waals surface area (Å²) in [4.78, 5) is 14.9. The van der Waals surface area contributed by atoms with Crippen molar-refractivity contribution in [1.29, 1.82) is 0 Å². The van der Waals surface area contributed by atoms with Crippen molar-refractivity contribution in [2.75, 3.05) is 19.7 Å². The molecule has 3 aromatic carbocycles. The molecule has 32 heavy (non-hydrogen) atoms. The molecular formula is C25H28N2O4S. The molecule has 6 nitrogen and oxygen atoms in total. The molecule has 1 N–H and O–H groups in total. The van der Waals surface area contributed by atoms with Gasteiger partial charge in [0.2, 0.25) is 15.9 Å². The summed E-state index contributed by atoms with van der Waals surface area (Å²) in [6.45, 7) is 3.32. The van der Waals surface area contributed by atoms with Gasteiger partial charge in [0.1, 0.15) is 5.75 Å².